The van der Waals surface area contributed by atoms with Gasteiger partial charge in [-0.1, -0.05) is 36.4 Å². The molecular formula is C30H38N4O3. The van der Waals surface area contributed by atoms with Crippen molar-refractivity contribution in [2.45, 2.75) is 49.7 Å². The van der Waals surface area contributed by atoms with Crippen molar-refractivity contribution in [3.05, 3.63) is 59.2 Å². The number of hydrazine groups is 1. The zero-order valence-corrected chi connectivity index (χ0v) is 22.2. The maximum Gasteiger partial charge on any atom is 0.235 e. The number of carbonyl (C=O) groups is 1. The lowest BCUT2D eigenvalue weighted by Gasteiger charge is -2.33. The lowest BCUT2D eigenvalue weighted by molar-refractivity contribution is -0.118. The highest BCUT2D eigenvalue weighted by Crippen LogP contribution is 2.65. The van der Waals surface area contributed by atoms with E-state index in [1.807, 2.05) is 12.1 Å². The van der Waals surface area contributed by atoms with Crippen LogP contribution in [0.15, 0.2) is 42.5 Å². The van der Waals surface area contributed by atoms with Gasteiger partial charge in [0, 0.05) is 30.4 Å². The highest BCUT2D eigenvalue weighted by molar-refractivity contribution is 6.09. The van der Waals surface area contributed by atoms with Crippen LogP contribution < -0.4 is 25.6 Å². The molecule has 0 bridgehead atoms. The summed E-state index contributed by atoms with van der Waals surface area (Å²) in [6.45, 7) is 0.959. The number of fused-ring (bicyclic) bond motifs is 3. The fraction of sp³-hybridized carbons (Fsp3) is 0.500. The number of nitrogens with zero attached hydrogens (tertiary/aromatic N) is 1. The van der Waals surface area contributed by atoms with Gasteiger partial charge in [0.25, 0.3) is 0 Å². The van der Waals surface area contributed by atoms with E-state index in [0.29, 0.717) is 41.3 Å². The van der Waals surface area contributed by atoms with Crippen LogP contribution in [0.4, 0.5) is 5.69 Å². The van der Waals surface area contributed by atoms with Crippen LogP contribution in [-0.2, 0) is 16.8 Å². The Bertz CT molecular complexity index is 1210. The smallest absolute Gasteiger partial charge is 0.235 e. The normalized spacial score (nSPS) is 32.0. The van der Waals surface area contributed by atoms with Crippen LogP contribution in [-0.4, -0.2) is 51.2 Å². The molecule has 4 unspecified atom stereocenters. The summed E-state index contributed by atoms with van der Waals surface area (Å²) in [5.74, 6) is 2.97. The van der Waals surface area contributed by atoms with Crippen LogP contribution in [0.2, 0.25) is 0 Å². The molecule has 1 spiro atoms. The number of hydrogen-bond acceptors (Lipinski definition) is 6. The second-order valence-corrected chi connectivity index (χ2v) is 11.5. The number of hydrogen-bond donors (Lipinski definition) is 3. The first-order valence-electron chi connectivity index (χ1n) is 13.4. The van der Waals surface area contributed by atoms with E-state index in [4.69, 9.17) is 9.47 Å². The lowest BCUT2D eigenvalue weighted by atomic mass is 9.73. The first kappa shape index (κ1) is 24.5. The second kappa shape index (κ2) is 9.46. The van der Waals surface area contributed by atoms with Crippen molar-refractivity contribution in [3.8, 4) is 11.5 Å². The fourth-order valence-electron chi connectivity index (χ4n) is 7.14. The van der Waals surface area contributed by atoms with Crippen LogP contribution >= 0.6 is 0 Å². The Hall–Kier alpha value is -2.87. The third-order valence-corrected chi connectivity index (χ3v) is 9.06. The van der Waals surface area contributed by atoms with Gasteiger partial charge < -0.3 is 19.7 Å². The molecule has 6 atom stereocenters. The standard InChI is InChI=1S/C30H38N4O3/c1-34(2)17-19-7-5-18(6-8-19)9-12-24-21-11-10-20(13-25(21)33-32-24)23-16-30(23)22-14-27(36-3)28(37-4)15-26(22)31-29(30)35/h5-9,12,14-15,20-21,23-25,32-33H,10-11,13,16-17H2,1-4H3,(H,31,35)/b12-9+/t20?,21?,23-,24?,25?,30-/m0/s1. The number of carbonyl (C=O) groups excluding carboxylic acids is 1. The van der Waals surface area contributed by atoms with Crippen molar-refractivity contribution in [3.63, 3.8) is 0 Å². The first-order chi connectivity index (χ1) is 17.9. The molecule has 3 N–H and O–H groups in total. The van der Waals surface area contributed by atoms with E-state index >= 15 is 0 Å². The minimum Gasteiger partial charge on any atom is -0.493 e. The SMILES string of the molecule is COc1cc2c(cc1OC)[C@]1(C[C@H]1C1CCC3C(/C=C/c4ccc(CN(C)C)cc4)NNC3C1)C(=O)N2. The molecule has 2 saturated carbocycles. The molecule has 0 radical (unpaired) electrons. The van der Waals surface area contributed by atoms with Crippen LogP contribution in [0.3, 0.4) is 0 Å². The molecule has 4 aliphatic rings. The van der Waals surface area contributed by atoms with Gasteiger partial charge in [-0.05, 0) is 80.3 Å². The second-order valence-electron chi connectivity index (χ2n) is 11.5. The highest BCUT2D eigenvalue weighted by Gasteiger charge is 2.67. The number of rotatable bonds is 7. The molecule has 37 heavy (non-hydrogen) atoms. The van der Waals surface area contributed by atoms with Crippen molar-refractivity contribution in [1.29, 1.82) is 0 Å². The summed E-state index contributed by atoms with van der Waals surface area (Å²) in [4.78, 5) is 15.4. The maximum atomic E-state index is 13.2. The van der Waals surface area contributed by atoms with Gasteiger partial charge in [0.05, 0.1) is 19.6 Å². The summed E-state index contributed by atoms with van der Waals surface area (Å²) in [7, 11) is 7.46. The van der Waals surface area contributed by atoms with E-state index < -0.39 is 5.41 Å². The lowest BCUT2D eigenvalue weighted by Crippen LogP contribution is -2.37. The quantitative estimate of drug-likeness (QED) is 0.533. The summed E-state index contributed by atoms with van der Waals surface area (Å²) >= 11 is 0. The average molecular weight is 503 g/mol. The summed E-state index contributed by atoms with van der Waals surface area (Å²) in [5, 5.41) is 3.13. The predicted octanol–water partition coefficient (Wildman–Crippen LogP) is 3.95. The number of nitrogens with one attached hydrogen (secondary N) is 3. The minimum atomic E-state index is -0.406. The maximum absolute atomic E-state index is 13.2. The van der Waals surface area contributed by atoms with Gasteiger partial charge in [-0.2, -0.15) is 0 Å². The summed E-state index contributed by atoms with van der Waals surface area (Å²) in [5.41, 5.74) is 11.2. The minimum absolute atomic E-state index is 0.139. The predicted molar refractivity (Wildman–Crippen MR) is 146 cm³/mol. The zero-order chi connectivity index (χ0) is 25.7. The molecule has 2 aromatic rings. The van der Waals surface area contributed by atoms with Gasteiger partial charge in [0.2, 0.25) is 5.91 Å². The molecule has 2 aliphatic heterocycles. The van der Waals surface area contributed by atoms with Crippen LogP contribution in [0, 0.1) is 17.8 Å². The number of amides is 1. The average Bonchev–Trinajstić information content (AvgIpc) is 3.44. The van der Waals surface area contributed by atoms with E-state index in [1.165, 1.54) is 17.5 Å². The number of anilines is 1. The Labute approximate surface area is 219 Å². The monoisotopic (exact) mass is 502 g/mol. The van der Waals surface area contributed by atoms with Crippen LogP contribution in [0.1, 0.15) is 42.4 Å². The largest absolute Gasteiger partial charge is 0.493 e. The van der Waals surface area contributed by atoms with Crippen LogP contribution in [0.5, 0.6) is 11.5 Å². The molecule has 3 fully saturated rings. The molecule has 1 saturated heterocycles. The van der Waals surface area contributed by atoms with Crippen LogP contribution in [0.25, 0.3) is 6.08 Å². The van der Waals surface area contributed by atoms with Crippen molar-refractivity contribution in [2.75, 3.05) is 33.6 Å². The molecule has 7 nitrogen and oxygen atoms in total. The van der Waals surface area contributed by atoms with Crippen molar-refractivity contribution < 1.29 is 14.3 Å². The topological polar surface area (TPSA) is 74.9 Å². The Morgan fingerprint density at radius 3 is 2.54 bits per heavy atom. The number of methoxy groups -OCH3 is 2. The Morgan fingerprint density at radius 1 is 1.05 bits per heavy atom. The molecule has 6 rings (SSSR count). The zero-order valence-electron chi connectivity index (χ0n) is 22.2. The van der Waals surface area contributed by atoms with Gasteiger partial charge in [0.15, 0.2) is 11.5 Å². The highest BCUT2D eigenvalue weighted by atomic mass is 16.5. The van der Waals surface area contributed by atoms with Gasteiger partial charge in [-0.25, -0.2) is 0 Å². The van der Waals surface area contributed by atoms with E-state index in [9.17, 15) is 4.79 Å². The molecule has 196 valence electrons. The molecular weight excluding hydrogens is 464 g/mol. The summed E-state index contributed by atoms with van der Waals surface area (Å²) < 4.78 is 11.0. The molecule has 1 amide bonds. The van der Waals surface area contributed by atoms with Crippen molar-refractivity contribution in [1.82, 2.24) is 15.8 Å². The van der Waals surface area contributed by atoms with Crippen molar-refractivity contribution >= 4 is 17.7 Å². The van der Waals surface area contributed by atoms with Gasteiger partial charge in [0.1, 0.15) is 0 Å². The van der Waals surface area contributed by atoms with Gasteiger partial charge in [-0.15, -0.1) is 0 Å². The molecule has 2 aliphatic carbocycles. The van der Waals surface area contributed by atoms with E-state index in [2.05, 4.69) is 71.6 Å². The summed E-state index contributed by atoms with van der Waals surface area (Å²) in [6, 6.07) is 13.5. The molecule has 2 aromatic carbocycles. The number of benzene rings is 2. The summed E-state index contributed by atoms with van der Waals surface area (Å²) in [6.07, 6.45) is 8.91. The fourth-order valence-corrected chi connectivity index (χ4v) is 7.14. The Morgan fingerprint density at radius 2 is 1.81 bits per heavy atom. The molecule has 7 heteroatoms. The van der Waals surface area contributed by atoms with E-state index in [-0.39, 0.29) is 5.91 Å². The number of ether oxygens (including phenoxy) is 2. The Kier molecular flexibility index (Phi) is 6.25. The third kappa shape index (κ3) is 4.23. The van der Waals surface area contributed by atoms with Crippen molar-refractivity contribution in [2.24, 2.45) is 17.8 Å². The molecule has 0 aromatic heterocycles. The van der Waals surface area contributed by atoms with Gasteiger partial charge >= 0.3 is 0 Å². The third-order valence-electron chi connectivity index (χ3n) is 9.06. The van der Waals surface area contributed by atoms with E-state index in [0.717, 1.165) is 37.1 Å². The Balaban J connectivity index is 1.11. The van der Waals surface area contributed by atoms with Gasteiger partial charge in [-0.3, -0.25) is 15.6 Å². The van der Waals surface area contributed by atoms with E-state index in [1.54, 1.807) is 14.2 Å². The molecule has 2 heterocycles. The first-order valence-corrected chi connectivity index (χ1v) is 13.4.